The van der Waals surface area contributed by atoms with Gasteiger partial charge >= 0.3 is 0 Å². The fraction of sp³-hybridized carbons (Fsp3) is 0.0500. The van der Waals surface area contributed by atoms with Gasteiger partial charge in [0.05, 0.1) is 23.2 Å². The largest absolute Gasteiger partial charge is 0.292 e. The summed E-state index contributed by atoms with van der Waals surface area (Å²) < 4.78 is 14.4. The molecular weight excluding hydrogens is 397 g/mol. The van der Waals surface area contributed by atoms with Crippen molar-refractivity contribution in [1.29, 1.82) is 0 Å². The fourth-order valence-corrected chi connectivity index (χ4v) is 3.87. The van der Waals surface area contributed by atoms with Crippen molar-refractivity contribution in [3.05, 3.63) is 92.1 Å². The summed E-state index contributed by atoms with van der Waals surface area (Å²) in [5.74, 6) is -0.832. The van der Waals surface area contributed by atoms with Crippen LogP contribution in [-0.4, -0.2) is 20.3 Å². The molecule has 0 aliphatic carbocycles. The summed E-state index contributed by atoms with van der Waals surface area (Å²) >= 11 is 1.28. The summed E-state index contributed by atoms with van der Waals surface area (Å²) in [4.78, 5) is 40.6. The smallest absolute Gasteiger partial charge is 0.270 e. The third-order valence-corrected chi connectivity index (χ3v) is 5.30. The van der Waals surface area contributed by atoms with Gasteiger partial charge in [0.25, 0.3) is 11.2 Å². The van der Waals surface area contributed by atoms with Crippen molar-refractivity contribution in [2.24, 2.45) is 0 Å². The second-order valence-corrected chi connectivity index (χ2v) is 7.10. The Morgan fingerprint density at radius 2 is 1.97 bits per heavy atom. The first-order chi connectivity index (χ1) is 13.9. The minimum Gasteiger partial charge on any atom is -0.292 e. The Bertz CT molecular complexity index is 1310. The maximum atomic E-state index is 13.2. The van der Waals surface area contributed by atoms with Gasteiger partial charge in [-0.3, -0.25) is 24.3 Å². The molecule has 0 amide bonds. The highest BCUT2D eigenvalue weighted by Gasteiger charge is 2.17. The van der Waals surface area contributed by atoms with Crippen molar-refractivity contribution in [3.63, 3.8) is 0 Å². The van der Waals surface area contributed by atoms with Crippen LogP contribution in [0.3, 0.4) is 0 Å². The van der Waals surface area contributed by atoms with Crippen molar-refractivity contribution in [1.82, 2.24) is 9.55 Å². The Labute approximate surface area is 166 Å². The number of carbonyl (C=O) groups excluding carboxylic acids is 1. The molecule has 0 unspecified atom stereocenters. The molecule has 0 spiro atoms. The van der Waals surface area contributed by atoms with Gasteiger partial charge in [-0.1, -0.05) is 24.3 Å². The molecule has 0 saturated carbocycles. The summed E-state index contributed by atoms with van der Waals surface area (Å²) in [7, 11) is 0. The Hall–Kier alpha value is -3.72. The third kappa shape index (κ3) is 3.55. The molecule has 2 heterocycles. The molecule has 2 aromatic heterocycles. The van der Waals surface area contributed by atoms with Gasteiger partial charge in [0, 0.05) is 28.6 Å². The van der Waals surface area contributed by atoms with E-state index in [4.69, 9.17) is 0 Å². The van der Waals surface area contributed by atoms with Gasteiger partial charge in [0.2, 0.25) is 0 Å². The number of nitro groups is 1. The summed E-state index contributed by atoms with van der Waals surface area (Å²) in [5, 5.41) is 13.0. The topological polar surface area (TPSA) is 95.1 Å². The van der Waals surface area contributed by atoms with E-state index in [1.165, 1.54) is 58.6 Å². The van der Waals surface area contributed by atoms with Crippen LogP contribution in [0.1, 0.15) is 10.4 Å². The molecule has 0 bridgehead atoms. The Morgan fingerprint density at radius 1 is 1.21 bits per heavy atom. The molecule has 0 aliphatic heterocycles. The van der Waals surface area contributed by atoms with E-state index in [1.54, 1.807) is 17.5 Å². The first kappa shape index (κ1) is 18.6. The summed E-state index contributed by atoms with van der Waals surface area (Å²) in [6.45, 7) is -0.304. The molecule has 0 saturated heterocycles. The lowest BCUT2D eigenvalue weighted by Gasteiger charge is -2.06. The maximum absolute atomic E-state index is 13.2. The van der Waals surface area contributed by atoms with Gasteiger partial charge in [-0.15, -0.1) is 11.3 Å². The molecule has 0 radical (unpaired) electrons. The average Bonchev–Trinajstić information content (AvgIpc) is 3.15. The molecule has 29 heavy (non-hydrogen) atoms. The number of Topliss-reactive ketones (excluding diaryl/α,β-unsaturated/α-hetero) is 1. The number of nitrogens with zero attached hydrogens (tertiary/aromatic N) is 3. The second-order valence-electron chi connectivity index (χ2n) is 6.24. The van der Waals surface area contributed by atoms with Crippen LogP contribution in [0.4, 0.5) is 10.1 Å². The molecule has 7 nitrogen and oxygen atoms in total. The highest BCUT2D eigenvalue weighted by molar-refractivity contribution is 7.17. The second kappa shape index (κ2) is 7.36. The maximum Gasteiger partial charge on any atom is 0.270 e. The minimum atomic E-state index is -0.586. The molecule has 2 aromatic carbocycles. The standard InChI is InChI=1S/C20H12FN3O4S/c21-14-6-4-12(5-7-14)16-10-29-19-18(16)20(26)23(11-22-19)9-17(25)13-2-1-3-15(8-13)24(27)28/h1-8,10-11H,9H2. The first-order valence-corrected chi connectivity index (χ1v) is 9.32. The lowest BCUT2D eigenvalue weighted by Crippen LogP contribution is -2.24. The molecule has 0 fully saturated rings. The number of fused-ring (bicyclic) bond motifs is 1. The molecule has 144 valence electrons. The Balaban J connectivity index is 1.73. The van der Waals surface area contributed by atoms with E-state index in [1.807, 2.05) is 0 Å². The molecular formula is C20H12FN3O4S. The lowest BCUT2D eigenvalue weighted by atomic mass is 10.1. The molecule has 9 heteroatoms. The van der Waals surface area contributed by atoms with Crippen molar-refractivity contribution < 1.29 is 14.1 Å². The number of carbonyl (C=O) groups is 1. The van der Waals surface area contributed by atoms with Gasteiger partial charge in [0.1, 0.15) is 10.6 Å². The number of thiophene rings is 1. The van der Waals surface area contributed by atoms with Crippen LogP contribution in [-0.2, 0) is 6.54 Å². The predicted molar refractivity (Wildman–Crippen MR) is 107 cm³/mol. The van der Waals surface area contributed by atoms with Crippen LogP contribution < -0.4 is 5.56 Å². The molecule has 4 aromatic rings. The van der Waals surface area contributed by atoms with Crippen LogP contribution in [0.5, 0.6) is 0 Å². The van der Waals surface area contributed by atoms with Crippen molar-refractivity contribution in [3.8, 4) is 11.1 Å². The number of halogens is 1. The zero-order valence-electron chi connectivity index (χ0n) is 14.7. The van der Waals surface area contributed by atoms with E-state index in [0.717, 1.165) is 0 Å². The SMILES string of the molecule is O=C(Cn1cnc2scc(-c3ccc(F)cc3)c2c1=O)c1cccc([N+](=O)[O-])c1. The highest BCUT2D eigenvalue weighted by Crippen LogP contribution is 2.30. The van der Waals surface area contributed by atoms with E-state index >= 15 is 0 Å². The Morgan fingerprint density at radius 3 is 2.69 bits per heavy atom. The van der Waals surface area contributed by atoms with Gasteiger partial charge in [-0.2, -0.15) is 0 Å². The number of hydrogen-bond donors (Lipinski definition) is 0. The number of aromatic nitrogens is 2. The zero-order chi connectivity index (χ0) is 20.5. The molecule has 0 aliphatic rings. The average molecular weight is 409 g/mol. The van der Waals surface area contributed by atoms with E-state index in [0.29, 0.717) is 21.3 Å². The van der Waals surface area contributed by atoms with E-state index in [-0.39, 0.29) is 23.6 Å². The first-order valence-electron chi connectivity index (χ1n) is 8.44. The van der Waals surface area contributed by atoms with E-state index < -0.39 is 16.3 Å². The third-order valence-electron chi connectivity index (χ3n) is 4.41. The zero-order valence-corrected chi connectivity index (χ0v) is 15.6. The van der Waals surface area contributed by atoms with Crippen LogP contribution in [0.15, 0.2) is 65.0 Å². The molecule has 0 atom stereocenters. The number of nitro benzene ring substituents is 1. The van der Waals surface area contributed by atoms with Gasteiger partial charge in [-0.05, 0) is 17.7 Å². The van der Waals surface area contributed by atoms with Crippen LogP contribution in [0.25, 0.3) is 21.3 Å². The van der Waals surface area contributed by atoms with Crippen LogP contribution in [0.2, 0.25) is 0 Å². The number of rotatable bonds is 5. The number of benzene rings is 2. The number of non-ortho nitro benzene ring substituents is 1. The quantitative estimate of drug-likeness (QED) is 0.281. The summed E-state index contributed by atoms with van der Waals surface area (Å²) in [5.41, 5.74) is 0.803. The van der Waals surface area contributed by atoms with Crippen molar-refractivity contribution >= 4 is 33.0 Å². The van der Waals surface area contributed by atoms with Gasteiger partial charge in [0.15, 0.2) is 5.78 Å². The van der Waals surface area contributed by atoms with Crippen LogP contribution in [0, 0.1) is 15.9 Å². The lowest BCUT2D eigenvalue weighted by molar-refractivity contribution is -0.384. The van der Waals surface area contributed by atoms with E-state index in [2.05, 4.69) is 4.98 Å². The van der Waals surface area contributed by atoms with E-state index in [9.17, 15) is 24.1 Å². The fourth-order valence-electron chi connectivity index (χ4n) is 2.96. The monoisotopic (exact) mass is 409 g/mol. The highest BCUT2D eigenvalue weighted by atomic mass is 32.1. The Kier molecular flexibility index (Phi) is 4.73. The predicted octanol–water partition coefficient (Wildman–Crippen LogP) is 4.06. The number of ketones is 1. The molecule has 4 rings (SSSR count). The van der Waals surface area contributed by atoms with Gasteiger partial charge < -0.3 is 0 Å². The normalized spacial score (nSPS) is 10.9. The minimum absolute atomic E-state index is 0.135. The van der Waals surface area contributed by atoms with Crippen molar-refractivity contribution in [2.45, 2.75) is 6.54 Å². The van der Waals surface area contributed by atoms with Crippen molar-refractivity contribution in [2.75, 3.05) is 0 Å². The number of hydrogen-bond acceptors (Lipinski definition) is 6. The molecule has 0 N–H and O–H groups in total. The summed E-state index contributed by atoms with van der Waals surface area (Å²) in [6, 6.07) is 11.1. The van der Waals surface area contributed by atoms with Crippen LogP contribution >= 0.6 is 11.3 Å². The van der Waals surface area contributed by atoms with Gasteiger partial charge in [-0.25, -0.2) is 9.37 Å². The summed E-state index contributed by atoms with van der Waals surface area (Å²) in [6.07, 6.45) is 1.28.